The molecule has 1 aromatic carbocycles. The maximum absolute atomic E-state index is 4.36. The molecule has 0 bridgehead atoms. The predicted molar refractivity (Wildman–Crippen MR) is 59.8 cm³/mol. The molecular weight excluding hydrogens is 302 g/mol. The highest BCUT2D eigenvalue weighted by Crippen LogP contribution is 2.33. The van der Waals surface area contributed by atoms with Crippen LogP contribution in [-0.4, -0.2) is 4.98 Å². The number of halogens is 2. The van der Waals surface area contributed by atoms with Crippen molar-refractivity contribution in [2.24, 2.45) is 0 Å². The Morgan fingerprint density at radius 2 is 2.08 bits per heavy atom. The lowest BCUT2D eigenvalue weighted by Gasteiger charge is -1.94. The molecule has 0 aliphatic heterocycles. The van der Waals surface area contributed by atoms with Crippen LogP contribution >= 0.6 is 43.2 Å². The summed E-state index contributed by atoms with van der Waals surface area (Å²) in [6.07, 6.45) is 0. The van der Waals surface area contributed by atoms with Crippen LogP contribution in [0.25, 0.3) is 10.2 Å². The first-order valence-corrected chi connectivity index (χ1v) is 5.80. The third-order valence-corrected chi connectivity index (χ3v) is 3.95. The monoisotopic (exact) mass is 305 g/mol. The van der Waals surface area contributed by atoms with E-state index in [2.05, 4.69) is 49.8 Å². The molecule has 0 radical (unpaired) electrons. The van der Waals surface area contributed by atoms with E-state index in [0.717, 1.165) is 13.9 Å². The molecule has 1 nitrogen and oxygen atoms in total. The van der Waals surface area contributed by atoms with E-state index in [4.69, 9.17) is 0 Å². The average Bonchev–Trinajstić information content (AvgIpc) is 2.41. The summed E-state index contributed by atoms with van der Waals surface area (Å²) >= 11 is 8.52. The largest absolute Gasteiger partial charge is 0.228 e. The predicted octanol–water partition coefficient (Wildman–Crippen LogP) is 4.13. The van der Waals surface area contributed by atoms with E-state index in [9.17, 15) is 0 Å². The summed E-state index contributed by atoms with van der Waals surface area (Å²) in [6.45, 7) is 2.10. The molecule has 0 saturated heterocycles. The normalized spacial score (nSPS) is 10.9. The number of aromatic nitrogens is 1. The van der Waals surface area contributed by atoms with Crippen LogP contribution in [0.5, 0.6) is 0 Å². The average molecular weight is 307 g/mol. The molecular formula is C8H5Br2NS. The van der Waals surface area contributed by atoms with Crippen molar-refractivity contribution in [3.8, 4) is 0 Å². The number of rotatable bonds is 0. The van der Waals surface area contributed by atoms with Crippen molar-refractivity contribution in [2.75, 3.05) is 0 Å². The Morgan fingerprint density at radius 1 is 1.33 bits per heavy atom. The first kappa shape index (κ1) is 8.66. The van der Waals surface area contributed by atoms with Gasteiger partial charge in [0, 0.05) is 4.47 Å². The number of nitrogens with zero attached hydrogens (tertiary/aromatic N) is 1. The molecule has 2 aromatic rings. The lowest BCUT2D eigenvalue weighted by atomic mass is 10.2. The second kappa shape index (κ2) is 3.09. The molecule has 0 spiro atoms. The third kappa shape index (κ3) is 1.32. The second-order valence-electron chi connectivity index (χ2n) is 2.51. The van der Waals surface area contributed by atoms with Gasteiger partial charge in [-0.1, -0.05) is 6.07 Å². The van der Waals surface area contributed by atoms with Crippen LogP contribution in [0.1, 0.15) is 5.56 Å². The van der Waals surface area contributed by atoms with Crippen LogP contribution in [0.15, 0.2) is 20.5 Å². The zero-order valence-electron chi connectivity index (χ0n) is 6.27. The van der Waals surface area contributed by atoms with Crippen molar-refractivity contribution in [1.82, 2.24) is 4.98 Å². The van der Waals surface area contributed by atoms with Crippen molar-refractivity contribution < 1.29 is 0 Å². The van der Waals surface area contributed by atoms with Crippen molar-refractivity contribution in [3.05, 3.63) is 26.1 Å². The van der Waals surface area contributed by atoms with Crippen molar-refractivity contribution in [3.63, 3.8) is 0 Å². The van der Waals surface area contributed by atoms with Gasteiger partial charge >= 0.3 is 0 Å². The molecule has 1 heterocycles. The molecule has 0 aliphatic carbocycles. The van der Waals surface area contributed by atoms with Gasteiger partial charge < -0.3 is 0 Å². The van der Waals surface area contributed by atoms with Crippen LogP contribution in [0, 0.1) is 6.92 Å². The minimum Gasteiger partial charge on any atom is -0.228 e. The van der Waals surface area contributed by atoms with Crippen LogP contribution < -0.4 is 0 Å². The van der Waals surface area contributed by atoms with E-state index in [1.165, 1.54) is 10.3 Å². The Bertz CT molecular complexity index is 397. The molecule has 62 valence electrons. The highest BCUT2D eigenvalue weighted by molar-refractivity contribution is 9.11. The minimum atomic E-state index is 0.938. The van der Waals surface area contributed by atoms with Gasteiger partial charge in [0.15, 0.2) is 3.92 Å². The smallest absolute Gasteiger partial charge is 0.160 e. The molecule has 0 fully saturated rings. The van der Waals surface area contributed by atoms with E-state index in [0.29, 0.717) is 0 Å². The van der Waals surface area contributed by atoms with Gasteiger partial charge in [-0.3, -0.25) is 0 Å². The fourth-order valence-electron chi connectivity index (χ4n) is 1.08. The Hall–Kier alpha value is 0.0700. The lowest BCUT2D eigenvalue weighted by Crippen LogP contribution is -1.74. The maximum atomic E-state index is 4.36. The SMILES string of the molecule is Cc1ccc(Br)c2nc(Br)sc12. The second-order valence-corrected chi connectivity index (χ2v) is 5.64. The van der Waals surface area contributed by atoms with Crippen LogP contribution in [0.4, 0.5) is 0 Å². The van der Waals surface area contributed by atoms with Gasteiger partial charge in [0.2, 0.25) is 0 Å². The first-order valence-electron chi connectivity index (χ1n) is 3.39. The van der Waals surface area contributed by atoms with Gasteiger partial charge in [-0.05, 0) is 50.4 Å². The topological polar surface area (TPSA) is 12.9 Å². The first-order chi connectivity index (χ1) is 5.68. The van der Waals surface area contributed by atoms with Gasteiger partial charge in [-0.2, -0.15) is 0 Å². The summed E-state index contributed by atoms with van der Waals surface area (Å²) in [5, 5.41) is 0. The summed E-state index contributed by atoms with van der Waals surface area (Å²) < 4.78 is 3.24. The summed E-state index contributed by atoms with van der Waals surface area (Å²) in [6, 6.07) is 4.13. The van der Waals surface area contributed by atoms with Gasteiger partial charge in [0.25, 0.3) is 0 Å². The Kier molecular flexibility index (Phi) is 2.23. The molecule has 4 heteroatoms. The minimum absolute atomic E-state index is 0.938. The molecule has 1 aromatic heterocycles. The number of aryl methyl sites for hydroxylation is 1. The standard InChI is InChI=1S/C8H5Br2NS/c1-4-2-3-5(9)6-7(4)12-8(10)11-6/h2-3H,1H3. The Labute approximate surface area is 91.1 Å². The number of hydrogen-bond donors (Lipinski definition) is 0. The number of benzene rings is 1. The zero-order valence-corrected chi connectivity index (χ0v) is 10.3. The molecule has 0 saturated carbocycles. The third-order valence-electron chi connectivity index (χ3n) is 1.67. The van der Waals surface area contributed by atoms with E-state index >= 15 is 0 Å². The van der Waals surface area contributed by atoms with Gasteiger partial charge in [-0.25, -0.2) is 4.98 Å². The quantitative estimate of drug-likeness (QED) is 0.713. The van der Waals surface area contributed by atoms with Crippen molar-refractivity contribution in [2.45, 2.75) is 6.92 Å². The van der Waals surface area contributed by atoms with E-state index in [-0.39, 0.29) is 0 Å². The number of hydrogen-bond acceptors (Lipinski definition) is 2. The van der Waals surface area contributed by atoms with Gasteiger partial charge in [0.05, 0.1) is 10.2 Å². The molecule has 0 atom stereocenters. The zero-order chi connectivity index (χ0) is 8.72. The van der Waals surface area contributed by atoms with Crippen LogP contribution in [0.3, 0.4) is 0 Å². The highest BCUT2D eigenvalue weighted by Gasteiger charge is 2.06. The fourth-order valence-corrected chi connectivity index (χ4v) is 3.08. The molecule has 0 amide bonds. The summed E-state index contributed by atoms with van der Waals surface area (Å²) in [5.74, 6) is 0. The highest BCUT2D eigenvalue weighted by atomic mass is 79.9. The molecule has 0 aliphatic rings. The van der Waals surface area contributed by atoms with E-state index in [1.807, 2.05) is 6.07 Å². The number of thiazole rings is 1. The summed E-state index contributed by atoms with van der Waals surface area (Å²) in [4.78, 5) is 4.36. The fraction of sp³-hybridized carbons (Fsp3) is 0.125. The van der Waals surface area contributed by atoms with Crippen LogP contribution in [0.2, 0.25) is 0 Å². The molecule has 12 heavy (non-hydrogen) atoms. The molecule has 0 unspecified atom stereocenters. The van der Waals surface area contributed by atoms with E-state index in [1.54, 1.807) is 11.3 Å². The maximum Gasteiger partial charge on any atom is 0.160 e. The number of fused-ring (bicyclic) bond motifs is 1. The van der Waals surface area contributed by atoms with Gasteiger partial charge in [0.1, 0.15) is 0 Å². The van der Waals surface area contributed by atoms with Crippen LogP contribution in [-0.2, 0) is 0 Å². The summed E-state index contributed by atoms with van der Waals surface area (Å²) in [5.41, 5.74) is 2.32. The Balaban J connectivity index is 2.93. The Morgan fingerprint density at radius 3 is 2.75 bits per heavy atom. The van der Waals surface area contributed by atoms with Gasteiger partial charge in [-0.15, -0.1) is 11.3 Å². The van der Waals surface area contributed by atoms with Crippen molar-refractivity contribution in [1.29, 1.82) is 0 Å². The molecule has 2 rings (SSSR count). The molecule has 0 N–H and O–H groups in total. The lowest BCUT2D eigenvalue weighted by molar-refractivity contribution is 1.42. The van der Waals surface area contributed by atoms with E-state index < -0.39 is 0 Å². The van der Waals surface area contributed by atoms with Crippen molar-refractivity contribution >= 4 is 53.4 Å². The summed E-state index contributed by atoms with van der Waals surface area (Å²) in [7, 11) is 0.